The number of likely N-dealkylation sites (tertiary alicyclic amines) is 1. The molecule has 2 nitrogen and oxygen atoms in total. The second kappa shape index (κ2) is 3.11. The van der Waals surface area contributed by atoms with Gasteiger partial charge in [0, 0.05) is 19.7 Å². The van der Waals surface area contributed by atoms with Crippen LogP contribution in [0.4, 0.5) is 0 Å². The van der Waals surface area contributed by atoms with Gasteiger partial charge < -0.3 is 4.74 Å². The maximum atomic E-state index is 5.07. The lowest BCUT2D eigenvalue weighted by Crippen LogP contribution is -2.34. The van der Waals surface area contributed by atoms with E-state index in [2.05, 4.69) is 4.90 Å². The Morgan fingerprint density at radius 2 is 2.45 bits per heavy atom. The van der Waals surface area contributed by atoms with Crippen molar-refractivity contribution in [2.24, 2.45) is 5.92 Å². The molecule has 1 saturated carbocycles. The van der Waals surface area contributed by atoms with E-state index in [0.29, 0.717) is 0 Å². The van der Waals surface area contributed by atoms with Gasteiger partial charge in [0.1, 0.15) is 0 Å². The smallest absolute Gasteiger partial charge is 0.0589 e. The summed E-state index contributed by atoms with van der Waals surface area (Å²) in [5.41, 5.74) is 0. The topological polar surface area (TPSA) is 12.5 Å². The molecule has 2 rings (SSSR count). The Hall–Kier alpha value is -0.0800. The number of rotatable bonds is 3. The predicted molar refractivity (Wildman–Crippen MR) is 44.6 cm³/mol. The summed E-state index contributed by atoms with van der Waals surface area (Å²) < 4.78 is 5.07. The average Bonchev–Trinajstić information content (AvgIpc) is 2.79. The highest BCUT2D eigenvalue weighted by molar-refractivity contribution is 4.97. The SMILES string of the molecule is COCCN1CCCC2CC21. The van der Waals surface area contributed by atoms with Gasteiger partial charge in [-0.25, -0.2) is 0 Å². The molecule has 11 heavy (non-hydrogen) atoms. The third-order valence-corrected chi connectivity index (χ3v) is 2.96. The number of ether oxygens (including phenoxy) is 1. The summed E-state index contributed by atoms with van der Waals surface area (Å²) in [6.45, 7) is 3.37. The minimum absolute atomic E-state index is 0.906. The van der Waals surface area contributed by atoms with Gasteiger partial charge in [-0.15, -0.1) is 0 Å². The standard InChI is InChI=1S/C9H17NO/c1-11-6-5-10-4-2-3-8-7-9(8)10/h8-9H,2-7H2,1H3. The number of methoxy groups -OCH3 is 1. The Kier molecular flexibility index (Phi) is 2.14. The van der Waals surface area contributed by atoms with Gasteiger partial charge in [0.25, 0.3) is 0 Å². The number of fused-ring (bicyclic) bond motifs is 1. The van der Waals surface area contributed by atoms with Gasteiger partial charge in [-0.05, 0) is 31.7 Å². The van der Waals surface area contributed by atoms with Crippen molar-refractivity contribution in [3.8, 4) is 0 Å². The highest BCUT2D eigenvalue weighted by Gasteiger charge is 2.43. The fourth-order valence-corrected chi connectivity index (χ4v) is 2.20. The highest BCUT2D eigenvalue weighted by atomic mass is 16.5. The molecule has 2 unspecified atom stereocenters. The van der Waals surface area contributed by atoms with Crippen LogP contribution in [0, 0.1) is 5.92 Å². The molecule has 1 aliphatic carbocycles. The fraction of sp³-hybridized carbons (Fsp3) is 1.00. The number of hydrogen-bond donors (Lipinski definition) is 0. The monoisotopic (exact) mass is 155 g/mol. The molecule has 0 aromatic heterocycles. The first kappa shape index (κ1) is 7.56. The van der Waals surface area contributed by atoms with E-state index < -0.39 is 0 Å². The molecule has 0 aromatic carbocycles. The van der Waals surface area contributed by atoms with Crippen LogP contribution in [-0.4, -0.2) is 37.7 Å². The summed E-state index contributed by atoms with van der Waals surface area (Å²) in [7, 11) is 1.79. The van der Waals surface area contributed by atoms with Crippen LogP contribution in [0.1, 0.15) is 19.3 Å². The summed E-state index contributed by atoms with van der Waals surface area (Å²) >= 11 is 0. The zero-order valence-electron chi connectivity index (χ0n) is 7.25. The van der Waals surface area contributed by atoms with Gasteiger partial charge in [-0.3, -0.25) is 4.90 Å². The van der Waals surface area contributed by atoms with E-state index in [1.54, 1.807) is 7.11 Å². The second-order valence-electron chi connectivity index (χ2n) is 3.73. The Morgan fingerprint density at radius 3 is 3.27 bits per heavy atom. The maximum absolute atomic E-state index is 5.07. The van der Waals surface area contributed by atoms with Gasteiger partial charge >= 0.3 is 0 Å². The predicted octanol–water partition coefficient (Wildman–Crippen LogP) is 1.12. The van der Waals surface area contributed by atoms with E-state index in [1.807, 2.05) is 0 Å². The molecule has 2 aliphatic rings. The third kappa shape index (κ3) is 1.57. The lowest BCUT2D eigenvalue weighted by Gasteiger charge is -2.25. The minimum atomic E-state index is 0.906. The van der Waals surface area contributed by atoms with E-state index in [-0.39, 0.29) is 0 Å². The lowest BCUT2D eigenvalue weighted by molar-refractivity contribution is 0.129. The lowest BCUT2D eigenvalue weighted by atomic mass is 10.1. The van der Waals surface area contributed by atoms with Crippen molar-refractivity contribution in [2.75, 3.05) is 26.8 Å². The fourth-order valence-electron chi connectivity index (χ4n) is 2.20. The Labute approximate surface area is 68.5 Å². The summed E-state index contributed by atoms with van der Waals surface area (Å²) in [6, 6.07) is 0.943. The van der Waals surface area contributed by atoms with Crippen molar-refractivity contribution in [3.63, 3.8) is 0 Å². The normalized spacial score (nSPS) is 36.8. The molecule has 2 atom stereocenters. The number of piperidine rings is 1. The third-order valence-electron chi connectivity index (χ3n) is 2.96. The molecule has 1 aliphatic heterocycles. The molecule has 2 fully saturated rings. The zero-order valence-corrected chi connectivity index (χ0v) is 7.25. The Bertz CT molecular complexity index is 138. The van der Waals surface area contributed by atoms with Gasteiger partial charge in [-0.1, -0.05) is 0 Å². The van der Waals surface area contributed by atoms with Crippen molar-refractivity contribution < 1.29 is 4.74 Å². The maximum Gasteiger partial charge on any atom is 0.0589 e. The summed E-state index contributed by atoms with van der Waals surface area (Å²) in [5, 5.41) is 0. The number of hydrogen-bond acceptors (Lipinski definition) is 2. The van der Waals surface area contributed by atoms with Crippen LogP contribution in [0.25, 0.3) is 0 Å². The molecule has 1 saturated heterocycles. The molecule has 0 amide bonds. The van der Waals surface area contributed by atoms with E-state index in [4.69, 9.17) is 4.74 Å². The summed E-state index contributed by atoms with van der Waals surface area (Å²) in [4.78, 5) is 2.59. The average molecular weight is 155 g/mol. The van der Waals surface area contributed by atoms with Gasteiger partial charge in [0.15, 0.2) is 0 Å². The summed E-state index contributed by atoms with van der Waals surface area (Å²) in [5.74, 6) is 1.06. The first-order valence-corrected chi connectivity index (χ1v) is 4.65. The molecule has 2 heteroatoms. The van der Waals surface area contributed by atoms with E-state index in [0.717, 1.165) is 25.1 Å². The van der Waals surface area contributed by atoms with Gasteiger partial charge in [0.05, 0.1) is 6.61 Å². The van der Waals surface area contributed by atoms with Crippen molar-refractivity contribution >= 4 is 0 Å². The Morgan fingerprint density at radius 1 is 1.55 bits per heavy atom. The molecule has 0 aromatic rings. The quantitative estimate of drug-likeness (QED) is 0.605. The first-order chi connectivity index (χ1) is 5.42. The zero-order chi connectivity index (χ0) is 7.68. The summed E-state index contributed by atoms with van der Waals surface area (Å²) in [6.07, 6.45) is 4.35. The van der Waals surface area contributed by atoms with Crippen molar-refractivity contribution in [1.82, 2.24) is 4.90 Å². The molecule has 0 spiro atoms. The Balaban J connectivity index is 1.75. The largest absolute Gasteiger partial charge is 0.383 e. The second-order valence-corrected chi connectivity index (χ2v) is 3.73. The number of nitrogens with zero attached hydrogens (tertiary/aromatic N) is 1. The van der Waals surface area contributed by atoms with Crippen LogP contribution in [0.2, 0.25) is 0 Å². The first-order valence-electron chi connectivity index (χ1n) is 4.65. The van der Waals surface area contributed by atoms with Crippen molar-refractivity contribution in [2.45, 2.75) is 25.3 Å². The van der Waals surface area contributed by atoms with Crippen molar-refractivity contribution in [3.05, 3.63) is 0 Å². The molecular formula is C9H17NO. The molecule has 1 heterocycles. The van der Waals surface area contributed by atoms with Crippen LogP contribution < -0.4 is 0 Å². The van der Waals surface area contributed by atoms with E-state index in [1.165, 1.54) is 25.8 Å². The minimum Gasteiger partial charge on any atom is -0.383 e. The molecule has 0 bridgehead atoms. The molecule has 0 N–H and O–H groups in total. The molecule has 64 valence electrons. The van der Waals surface area contributed by atoms with Crippen LogP contribution in [0.5, 0.6) is 0 Å². The van der Waals surface area contributed by atoms with Gasteiger partial charge in [0.2, 0.25) is 0 Å². The molecular weight excluding hydrogens is 138 g/mol. The van der Waals surface area contributed by atoms with Crippen LogP contribution in [-0.2, 0) is 4.74 Å². The van der Waals surface area contributed by atoms with E-state index >= 15 is 0 Å². The molecule has 0 radical (unpaired) electrons. The van der Waals surface area contributed by atoms with Crippen LogP contribution in [0.15, 0.2) is 0 Å². The van der Waals surface area contributed by atoms with Gasteiger partial charge in [-0.2, -0.15) is 0 Å². The van der Waals surface area contributed by atoms with Crippen LogP contribution in [0.3, 0.4) is 0 Å². The van der Waals surface area contributed by atoms with E-state index in [9.17, 15) is 0 Å². The highest BCUT2D eigenvalue weighted by Crippen LogP contribution is 2.42. The van der Waals surface area contributed by atoms with Crippen LogP contribution >= 0.6 is 0 Å². The van der Waals surface area contributed by atoms with Crippen molar-refractivity contribution in [1.29, 1.82) is 0 Å².